The standard InChI is InChI=1S/C11H9ClN4/c12-11(6-10-4-2-1-3-5-10)7-15-16-8-13-14-9-16/h1-9H/b11-6+,15-7-. The maximum absolute atomic E-state index is 5.99. The van der Waals surface area contributed by atoms with Crippen LogP contribution >= 0.6 is 11.6 Å². The third-order valence-electron chi connectivity index (χ3n) is 1.83. The molecule has 4 nitrogen and oxygen atoms in total. The Morgan fingerprint density at radius 2 is 1.88 bits per heavy atom. The largest absolute Gasteiger partial charge is 0.208 e. The Bertz CT molecular complexity index is 488. The van der Waals surface area contributed by atoms with E-state index in [0.29, 0.717) is 5.03 Å². The van der Waals surface area contributed by atoms with Crippen LogP contribution in [-0.2, 0) is 0 Å². The summed E-state index contributed by atoms with van der Waals surface area (Å²) < 4.78 is 1.47. The first-order valence-corrected chi connectivity index (χ1v) is 5.03. The van der Waals surface area contributed by atoms with Gasteiger partial charge in [-0.05, 0) is 11.6 Å². The van der Waals surface area contributed by atoms with E-state index in [2.05, 4.69) is 15.3 Å². The number of allylic oxidation sites excluding steroid dienone is 1. The highest BCUT2D eigenvalue weighted by molar-refractivity contribution is 6.41. The smallest absolute Gasteiger partial charge is 0.141 e. The lowest BCUT2D eigenvalue weighted by Gasteiger charge is -1.92. The third-order valence-corrected chi connectivity index (χ3v) is 2.03. The first-order valence-electron chi connectivity index (χ1n) is 4.66. The van der Waals surface area contributed by atoms with Crippen LogP contribution < -0.4 is 0 Å². The van der Waals surface area contributed by atoms with Gasteiger partial charge in [0.1, 0.15) is 12.7 Å². The van der Waals surface area contributed by atoms with Gasteiger partial charge in [0.15, 0.2) is 0 Å². The molecule has 0 atom stereocenters. The topological polar surface area (TPSA) is 43.1 Å². The second-order valence-electron chi connectivity index (χ2n) is 3.03. The summed E-state index contributed by atoms with van der Waals surface area (Å²) in [5, 5.41) is 11.8. The summed E-state index contributed by atoms with van der Waals surface area (Å²) in [7, 11) is 0. The Balaban J connectivity index is 2.09. The fraction of sp³-hybridized carbons (Fsp3) is 0. The highest BCUT2D eigenvalue weighted by Gasteiger charge is 1.90. The number of halogens is 1. The van der Waals surface area contributed by atoms with E-state index in [-0.39, 0.29) is 0 Å². The third kappa shape index (κ3) is 3.03. The molecule has 0 N–H and O–H groups in total. The summed E-state index contributed by atoms with van der Waals surface area (Å²) in [4.78, 5) is 0. The van der Waals surface area contributed by atoms with Gasteiger partial charge < -0.3 is 0 Å². The summed E-state index contributed by atoms with van der Waals surface area (Å²) in [5.41, 5.74) is 1.03. The molecule has 1 aromatic heterocycles. The Kier molecular flexibility index (Phi) is 3.46. The molecule has 5 heteroatoms. The summed E-state index contributed by atoms with van der Waals surface area (Å²) in [6.45, 7) is 0. The van der Waals surface area contributed by atoms with Crippen LogP contribution in [0, 0.1) is 0 Å². The number of benzene rings is 1. The van der Waals surface area contributed by atoms with Crippen LogP contribution in [0.1, 0.15) is 5.56 Å². The van der Waals surface area contributed by atoms with Crippen molar-refractivity contribution in [3.63, 3.8) is 0 Å². The molecule has 1 aromatic carbocycles. The molecule has 80 valence electrons. The van der Waals surface area contributed by atoms with E-state index in [1.54, 1.807) is 0 Å². The molecule has 2 aromatic rings. The van der Waals surface area contributed by atoms with Crippen molar-refractivity contribution in [3.05, 3.63) is 53.6 Å². The van der Waals surface area contributed by atoms with E-state index in [0.717, 1.165) is 5.56 Å². The zero-order chi connectivity index (χ0) is 11.2. The number of nitrogens with zero attached hydrogens (tertiary/aromatic N) is 4. The van der Waals surface area contributed by atoms with Crippen LogP contribution in [0.2, 0.25) is 0 Å². The number of rotatable bonds is 3. The van der Waals surface area contributed by atoms with Gasteiger partial charge in [-0.3, -0.25) is 0 Å². The maximum Gasteiger partial charge on any atom is 0.141 e. The summed E-state index contributed by atoms with van der Waals surface area (Å²) >= 11 is 5.99. The molecule has 0 aliphatic heterocycles. The van der Waals surface area contributed by atoms with Gasteiger partial charge in [0.05, 0.1) is 11.2 Å². The fourth-order valence-corrected chi connectivity index (χ4v) is 1.29. The molecule has 0 fully saturated rings. The Hall–Kier alpha value is -1.94. The Labute approximate surface area is 97.9 Å². The summed E-state index contributed by atoms with van der Waals surface area (Å²) in [6.07, 6.45) is 6.35. The molecule has 0 saturated carbocycles. The SMILES string of the molecule is ClC(/C=N\n1cnnc1)=C/c1ccccc1. The average molecular weight is 233 g/mol. The van der Waals surface area contributed by atoms with Crippen molar-refractivity contribution in [2.45, 2.75) is 0 Å². The molecule has 16 heavy (non-hydrogen) atoms. The second kappa shape index (κ2) is 5.23. The van der Waals surface area contributed by atoms with E-state index in [1.807, 2.05) is 36.4 Å². The molecular formula is C11H9ClN4. The molecule has 2 rings (SSSR count). The normalized spacial score (nSPS) is 12.2. The minimum absolute atomic E-state index is 0.542. The highest BCUT2D eigenvalue weighted by atomic mass is 35.5. The zero-order valence-electron chi connectivity index (χ0n) is 8.36. The predicted molar refractivity (Wildman–Crippen MR) is 64.2 cm³/mol. The fourth-order valence-electron chi connectivity index (χ4n) is 1.12. The zero-order valence-corrected chi connectivity index (χ0v) is 9.12. The average Bonchev–Trinajstić information content (AvgIpc) is 2.81. The summed E-state index contributed by atoms with van der Waals surface area (Å²) in [6, 6.07) is 9.79. The van der Waals surface area contributed by atoms with Gasteiger partial charge in [0, 0.05) is 0 Å². The van der Waals surface area contributed by atoms with Gasteiger partial charge in [-0.2, -0.15) is 5.10 Å². The van der Waals surface area contributed by atoms with Gasteiger partial charge in [-0.1, -0.05) is 41.9 Å². The van der Waals surface area contributed by atoms with Crippen molar-refractivity contribution in [1.82, 2.24) is 14.9 Å². The first-order chi connectivity index (χ1) is 7.84. The molecule has 1 heterocycles. The predicted octanol–water partition coefficient (Wildman–Crippen LogP) is 2.39. The van der Waals surface area contributed by atoms with Gasteiger partial charge in [0.25, 0.3) is 0 Å². The van der Waals surface area contributed by atoms with E-state index >= 15 is 0 Å². The molecule has 0 bridgehead atoms. The molecular weight excluding hydrogens is 224 g/mol. The van der Waals surface area contributed by atoms with Crippen molar-refractivity contribution in [2.75, 3.05) is 0 Å². The van der Waals surface area contributed by atoms with E-state index < -0.39 is 0 Å². The van der Waals surface area contributed by atoms with Crippen molar-refractivity contribution >= 4 is 23.9 Å². The molecule has 0 radical (unpaired) electrons. The van der Waals surface area contributed by atoms with Crippen molar-refractivity contribution < 1.29 is 0 Å². The Morgan fingerprint density at radius 1 is 1.19 bits per heavy atom. The van der Waals surface area contributed by atoms with Crippen molar-refractivity contribution in [1.29, 1.82) is 0 Å². The van der Waals surface area contributed by atoms with Crippen molar-refractivity contribution in [2.24, 2.45) is 5.10 Å². The molecule has 0 aliphatic carbocycles. The van der Waals surface area contributed by atoms with Gasteiger partial charge >= 0.3 is 0 Å². The minimum Gasteiger partial charge on any atom is -0.208 e. The summed E-state index contributed by atoms with van der Waals surface area (Å²) in [5.74, 6) is 0. The maximum atomic E-state index is 5.99. The van der Waals surface area contributed by atoms with E-state index in [9.17, 15) is 0 Å². The number of hydrogen-bond donors (Lipinski definition) is 0. The number of hydrogen-bond acceptors (Lipinski definition) is 3. The van der Waals surface area contributed by atoms with E-state index in [1.165, 1.54) is 23.5 Å². The van der Waals surface area contributed by atoms with Crippen LogP contribution in [0.15, 0.2) is 53.1 Å². The minimum atomic E-state index is 0.542. The monoisotopic (exact) mass is 232 g/mol. The second-order valence-corrected chi connectivity index (χ2v) is 3.46. The molecule has 0 aliphatic rings. The molecule has 0 amide bonds. The molecule has 0 spiro atoms. The van der Waals surface area contributed by atoms with E-state index in [4.69, 9.17) is 11.6 Å². The van der Waals surface area contributed by atoms with Crippen LogP contribution in [-0.4, -0.2) is 21.1 Å². The van der Waals surface area contributed by atoms with Gasteiger partial charge in [0.2, 0.25) is 0 Å². The quantitative estimate of drug-likeness (QED) is 0.763. The Morgan fingerprint density at radius 3 is 2.56 bits per heavy atom. The lowest BCUT2D eigenvalue weighted by molar-refractivity contribution is 0.879. The van der Waals surface area contributed by atoms with Crippen LogP contribution in [0.3, 0.4) is 0 Å². The highest BCUT2D eigenvalue weighted by Crippen LogP contribution is 2.07. The van der Waals surface area contributed by atoms with Crippen molar-refractivity contribution in [3.8, 4) is 0 Å². The van der Waals surface area contributed by atoms with Crippen LogP contribution in [0.5, 0.6) is 0 Å². The van der Waals surface area contributed by atoms with Gasteiger partial charge in [-0.25, -0.2) is 4.68 Å². The van der Waals surface area contributed by atoms with Crippen LogP contribution in [0.25, 0.3) is 6.08 Å². The number of aromatic nitrogens is 3. The lowest BCUT2D eigenvalue weighted by atomic mass is 10.2. The van der Waals surface area contributed by atoms with Crippen LogP contribution in [0.4, 0.5) is 0 Å². The lowest BCUT2D eigenvalue weighted by Crippen LogP contribution is -1.84. The molecule has 0 saturated heterocycles. The molecule has 0 unspecified atom stereocenters. The van der Waals surface area contributed by atoms with Gasteiger partial charge in [-0.15, -0.1) is 10.2 Å². The first kappa shape index (κ1) is 10.6.